The zero-order valence-corrected chi connectivity index (χ0v) is 15.2. The van der Waals surface area contributed by atoms with E-state index in [2.05, 4.69) is 5.32 Å². The van der Waals surface area contributed by atoms with E-state index in [1.165, 1.54) is 6.92 Å². The molecule has 2 heterocycles. The van der Waals surface area contributed by atoms with Crippen molar-refractivity contribution >= 4 is 23.3 Å². The molecule has 0 aromatic heterocycles. The molecule has 0 radical (unpaired) electrons. The number of rotatable bonds is 6. The number of anilines is 1. The molecule has 0 bridgehead atoms. The van der Waals surface area contributed by atoms with Gasteiger partial charge in [-0.05, 0) is 31.7 Å². The van der Waals surface area contributed by atoms with Crippen LogP contribution in [0.25, 0.3) is 0 Å². The molecule has 0 aliphatic carbocycles. The maximum Gasteiger partial charge on any atom is 0.231 e. The van der Waals surface area contributed by atoms with Crippen LogP contribution in [0.15, 0.2) is 12.1 Å². The van der Waals surface area contributed by atoms with E-state index in [0.717, 1.165) is 12.8 Å². The van der Waals surface area contributed by atoms with Crippen LogP contribution in [0.2, 0.25) is 0 Å². The highest BCUT2D eigenvalue weighted by atomic mass is 16.7. The summed E-state index contributed by atoms with van der Waals surface area (Å²) in [4.78, 5) is 38.1. The second-order valence-corrected chi connectivity index (χ2v) is 6.80. The van der Waals surface area contributed by atoms with Crippen LogP contribution in [0.4, 0.5) is 5.69 Å². The summed E-state index contributed by atoms with van der Waals surface area (Å²) in [5, 5.41) is 2.82. The molecular formula is C19H24N2O5. The number of ether oxygens (including phenoxy) is 2. The van der Waals surface area contributed by atoms with Gasteiger partial charge in [-0.2, -0.15) is 0 Å². The Labute approximate surface area is 152 Å². The first-order valence-corrected chi connectivity index (χ1v) is 9.00. The molecule has 1 aromatic carbocycles. The SMILES string of the molecule is CCCC(=O)N1CCC(CC(=O)Nc2cc3c(cc2C(C)=O)OCO3)C1. The Morgan fingerprint density at radius 3 is 2.65 bits per heavy atom. The Kier molecular flexibility index (Phi) is 5.44. The average molecular weight is 360 g/mol. The molecule has 7 nitrogen and oxygen atoms in total. The molecule has 0 spiro atoms. The van der Waals surface area contributed by atoms with Gasteiger partial charge >= 0.3 is 0 Å². The van der Waals surface area contributed by atoms with Gasteiger partial charge < -0.3 is 19.7 Å². The Morgan fingerprint density at radius 2 is 1.96 bits per heavy atom. The Hall–Kier alpha value is -2.57. The number of likely N-dealkylation sites (tertiary alicyclic amines) is 1. The van der Waals surface area contributed by atoms with Gasteiger partial charge in [0.05, 0.1) is 5.69 Å². The number of carbonyl (C=O) groups is 3. The summed E-state index contributed by atoms with van der Waals surface area (Å²) in [6, 6.07) is 3.23. The van der Waals surface area contributed by atoms with Crippen LogP contribution in [0, 0.1) is 5.92 Å². The van der Waals surface area contributed by atoms with Crippen LogP contribution < -0.4 is 14.8 Å². The lowest BCUT2D eigenvalue weighted by molar-refractivity contribution is -0.130. The molecule has 1 unspecified atom stereocenters. The molecule has 1 atom stereocenters. The first-order valence-electron chi connectivity index (χ1n) is 9.00. The van der Waals surface area contributed by atoms with Gasteiger partial charge in [-0.15, -0.1) is 0 Å². The molecule has 1 saturated heterocycles. The second-order valence-electron chi connectivity index (χ2n) is 6.80. The summed E-state index contributed by atoms with van der Waals surface area (Å²) in [6.07, 6.45) is 2.53. The van der Waals surface area contributed by atoms with Gasteiger partial charge in [-0.25, -0.2) is 0 Å². The van der Waals surface area contributed by atoms with Gasteiger partial charge in [0.2, 0.25) is 18.6 Å². The molecule has 2 aliphatic heterocycles. The predicted molar refractivity (Wildman–Crippen MR) is 95.4 cm³/mol. The van der Waals surface area contributed by atoms with Crippen molar-refractivity contribution in [1.29, 1.82) is 0 Å². The third kappa shape index (κ3) is 3.98. The molecule has 0 saturated carbocycles. The molecule has 1 N–H and O–H groups in total. The summed E-state index contributed by atoms with van der Waals surface area (Å²) in [5.74, 6) is 1.00. The Balaban J connectivity index is 1.62. The van der Waals surface area contributed by atoms with Crippen molar-refractivity contribution in [3.05, 3.63) is 17.7 Å². The summed E-state index contributed by atoms with van der Waals surface area (Å²) in [5.41, 5.74) is 0.831. The van der Waals surface area contributed by atoms with E-state index >= 15 is 0 Å². The molecule has 1 aromatic rings. The van der Waals surface area contributed by atoms with Crippen LogP contribution in [-0.4, -0.2) is 42.4 Å². The van der Waals surface area contributed by atoms with Crippen molar-refractivity contribution in [2.45, 2.75) is 39.5 Å². The number of hydrogen-bond acceptors (Lipinski definition) is 5. The van der Waals surface area contributed by atoms with Gasteiger partial charge in [0, 0.05) is 37.6 Å². The number of fused-ring (bicyclic) bond motifs is 1. The molecule has 2 aliphatic rings. The van der Waals surface area contributed by atoms with Crippen LogP contribution in [0.5, 0.6) is 11.5 Å². The highest BCUT2D eigenvalue weighted by Gasteiger charge is 2.28. The minimum Gasteiger partial charge on any atom is -0.454 e. The summed E-state index contributed by atoms with van der Waals surface area (Å²) < 4.78 is 10.6. The highest BCUT2D eigenvalue weighted by Crippen LogP contribution is 2.37. The Morgan fingerprint density at radius 1 is 1.23 bits per heavy atom. The zero-order chi connectivity index (χ0) is 18.7. The monoisotopic (exact) mass is 360 g/mol. The van der Waals surface area contributed by atoms with E-state index in [0.29, 0.717) is 48.7 Å². The van der Waals surface area contributed by atoms with Gasteiger partial charge in [0.1, 0.15) is 0 Å². The number of Topliss-reactive ketones (excluding diaryl/α,β-unsaturated/α-hetero) is 1. The van der Waals surface area contributed by atoms with E-state index < -0.39 is 0 Å². The highest BCUT2D eigenvalue weighted by molar-refractivity contribution is 6.04. The fraction of sp³-hybridized carbons (Fsp3) is 0.526. The van der Waals surface area contributed by atoms with Crippen LogP contribution in [-0.2, 0) is 9.59 Å². The number of ketones is 1. The lowest BCUT2D eigenvalue weighted by atomic mass is 10.0. The quantitative estimate of drug-likeness (QED) is 0.788. The second kappa shape index (κ2) is 7.76. The van der Waals surface area contributed by atoms with Crippen LogP contribution in [0.1, 0.15) is 49.9 Å². The van der Waals surface area contributed by atoms with Crippen molar-refractivity contribution in [2.24, 2.45) is 5.92 Å². The normalized spacial score (nSPS) is 18.1. The minimum atomic E-state index is -0.166. The van der Waals surface area contributed by atoms with Crippen LogP contribution >= 0.6 is 0 Å². The van der Waals surface area contributed by atoms with Gasteiger partial charge in [-0.1, -0.05) is 6.92 Å². The average Bonchev–Trinajstić information content (AvgIpc) is 3.22. The third-order valence-corrected chi connectivity index (χ3v) is 4.74. The predicted octanol–water partition coefficient (Wildman–Crippen LogP) is 2.60. The number of amides is 2. The fourth-order valence-electron chi connectivity index (χ4n) is 3.40. The summed E-state index contributed by atoms with van der Waals surface area (Å²) in [7, 11) is 0. The number of nitrogens with one attached hydrogen (secondary N) is 1. The fourth-order valence-corrected chi connectivity index (χ4v) is 3.40. The summed E-state index contributed by atoms with van der Waals surface area (Å²) in [6.45, 7) is 4.86. The maximum atomic E-state index is 12.4. The van der Waals surface area contributed by atoms with Crippen molar-refractivity contribution in [3.63, 3.8) is 0 Å². The standard InChI is InChI=1S/C19H24N2O5/c1-3-4-19(24)21-6-5-13(10-21)7-18(23)20-15-9-17-16(25-11-26-17)8-14(15)12(2)22/h8-9,13H,3-7,10-11H2,1-2H3,(H,20,23). The number of benzene rings is 1. The number of nitrogens with zero attached hydrogens (tertiary/aromatic N) is 1. The molecule has 1 fully saturated rings. The van der Waals surface area contributed by atoms with Crippen molar-refractivity contribution < 1.29 is 23.9 Å². The Bertz CT molecular complexity index is 731. The van der Waals surface area contributed by atoms with Crippen molar-refractivity contribution in [2.75, 3.05) is 25.2 Å². The smallest absolute Gasteiger partial charge is 0.231 e. The molecule has 26 heavy (non-hydrogen) atoms. The van der Waals surface area contributed by atoms with Gasteiger partial charge in [0.25, 0.3) is 0 Å². The maximum absolute atomic E-state index is 12.4. The van der Waals surface area contributed by atoms with Gasteiger partial charge in [0.15, 0.2) is 17.3 Å². The molecular weight excluding hydrogens is 336 g/mol. The summed E-state index contributed by atoms with van der Waals surface area (Å²) >= 11 is 0. The first kappa shape index (κ1) is 18.2. The van der Waals surface area contributed by atoms with E-state index in [1.54, 1.807) is 12.1 Å². The number of hydrogen-bond donors (Lipinski definition) is 1. The molecule has 7 heteroatoms. The topological polar surface area (TPSA) is 84.9 Å². The van der Waals surface area contributed by atoms with Crippen molar-refractivity contribution in [3.8, 4) is 11.5 Å². The minimum absolute atomic E-state index is 0.105. The van der Waals surface area contributed by atoms with E-state index in [9.17, 15) is 14.4 Å². The lowest BCUT2D eigenvalue weighted by Gasteiger charge is -2.16. The zero-order valence-electron chi connectivity index (χ0n) is 15.2. The van der Waals surface area contributed by atoms with Crippen molar-refractivity contribution in [1.82, 2.24) is 4.90 Å². The van der Waals surface area contributed by atoms with E-state index in [4.69, 9.17) is 9.47 Å². The molecule has 2 amide bonds. The lowest BCUT2D eigenvalue weighted by Crippen LogP contribution is -2.29. The third-order valence-electron chi connectivity index (χ3n) is 4.74. The van der Waals surface area contributed by atoms with E-state index in [1.807, 2.05) is 11.8 Å². The molecule has 140 valence electrons. The van der Waals surface area contributed by atoms with Crippen LogP contribution in [0.3, 0.4) is 0 Å². The first-order chi connectivity index (χ1) is 12.5. The van der Waals surface area contributed by atoms with Gasteiger partial charge in [-0.3, -0.25) is 14.4 Å². The van der Waals surface area contributed by atoms with E-state index in [-0.39, 0.29) is 30.3 Å². The largest absolute Gasteiger partial charge is 0.454 e. The molecule has 3 rings (SSSR count). The number of carbonyl (C=O) groups excluding carboxylic acids is 3.